The van der Waals surface area contributed by atoms with Gasteiger partial charge in [-0.15, -0.1) is 5.10 Å². The number of hydrogen-bond acceptors (Lipinski definition) is 5. The number of sulfone groups is 1. The Kier molecular flexibility index (Phi) is 6.07. The lowest BCUT2D eigenvalue weighted by atomic mass is 9.99. The average molecular weight is 414 g/mol. The molecule has 1 aromatic heterocycles. The number of para-hydroxylation sites is 1. The maximum Gasteiger partial charge on any atom is 0.166 e. The molecular formula is C22H27N3O3S. The number of methoxy groups -OCH3 is 1. The molecule has 7 heteroatoms. The molecule has 0 bridgehead atoms. The molecule has 0 aliphatic rings. The van der Waals surface area contributed by atoms with Crippen LogP contribution >= 0.6 is 0 Å². The number of nitrogens with zero attached hydrogens (tertiary/aromatic N) is 3. The summed E-state index contributed by atoms with van der Waals surface area (Å²) < 4.78 is 30.8. The zero-order chi connectivity index (χ0) is 21.2. The number of ether oxygens (including phenoxy) is 1. The molecule has 6 nitrogen and oxygen atoms in total. The van der Waals surface area contributed by atoms with E-state index < -0.39 is 9.84 Å². The van der Waals surface area contributed by atoms with Crippen LogP contribution in [0.4, 0.5) is 0 Å². The predicted octanol–water partition coefficient (Wildman–Crippen LogP) is 3.84. The first-order valence-corrected chi connectivity index (χ1v) is 11.7. The average Bonchev–Trinajstić information content (AvgIpc) is 3.08. The fraction of sp³-hybridized carbons (Fsp3) is 0.364. The highest BCUT2D eigenvalue weighted by molar-refractivity contribution is 7.89. The SMILES string of the molecule is CCc1cccc(C)c1-n1nc(CS(C)(=O)=O)nc1[C@@H](C)c1ccc(OC)cc1. The van der Waals surface area contributed by atoms with Gasteiger partial charge in [0, 0.05) is 12.2 Å². The van der Waals surface area contributed by atoms with E-state index in [9.17, 15) is 8.42 Å². The summed E-state index contributed by atoms with van der Waals surface area (Å²) in [6.07, 6.45) is 2.04. The van der Waals surface area contributed by atoms with Crippen LogP contribution in [0.25, 0.3) is 5.69 Å². The summed E-state index contributed by atoms with van der Waals surface area (Å²) in [5, 5.41) is 4.62. The topological polar surface area (TPSA) is 74.1 Å². The van der Waals surface area contributed by atoms with Crippen molar-refractivity contribution in [1.29, 1.82) is 0 Å². The van der Waals surface area contributed by atoms with Crippen LogP contribution in [-0.2, 0) is 22.0 Å². The van der Waals surface area contributed by atoms with Gasteiger partial charge in [0.25, 0.3) is 0 Å². The lowest BCUT2D eigenvalue weighted by molar-refractivity contribution is 0.414. The van der Waals surface area contributed by atoms with Gasteiger partial charge in [0.05, 0.1) is 12.8 Å². The quantitative estimate of drug-likeness (QED) is 0.588. The van der Waals surface area contributed by atoms with Crippen LogP contribution in [0.5, 0.6) is 5.75 Å². The lowest BCUT2D eigenvalue weighted by Crippen LogP contribution is -2.11. The van der Waals surface area contributed by atoms with E-state index in [1.54, 1.807) is 7.11 Å². The van der Waals surface area contributed by atoms with Crippen molar-refractivity contribution in [3.63, 3.8) is 0 Å². The smallest absolute Gasteiger partial charge is 0.166 e. The third-order valence-corrected chi connectivity index (χ3v) is 5.77. The molecule has 0 radical (unpaired) electrons. The normalized spacial score (nSPS) is 12.7. The van der Waals surface area contributed by atoms with Crippen molar-refractivity contribution in [2.45, 2.75) is 38.9 Å². The molecule has 3 aromatic rings. The third kappa shape index (κ3) is 4.67. The second-order valence-electron chi connectivity index (χ2n) is 7.30. The Morgan fingerprint density at radius 3 is 2.41 bits per heavy atom. The van der Waals surface area contributed by atoms with E-state index in [0.717, 1.165) is 40.4 Å². The van der Waals surface area contributed by atoms with Crippen molar-refractivity contribution in [3.8, 4) is 11.4 Å². The lowest BCUT2D eigenvalue weighted by Gasteiger charge is -2.17. The highest BCUT2D eigenvalue weighted by atomic mass is 32.2. The van der Waals surface area contributed by atoms with Gasteiger partial charge in [-0.05, 0) is 42.2 Å². The fourth-order valence-corrected chi connectivity index (χ4v) is 4.05. The van der Waals surface area contributed by atoms with Crippen LogP contribution in [0.15, 0.2) is 42.5 Å². The van der Waals surface area contributed by atoms with E-state index >= 15 is 0 Å². The van der Waals surface area contributed by atoms with Crippen molar-refractivity contribution < 1.29 is 13.2 Å². The largest absolute Gasteiger partial charge is 0.497 e. The highest BCUT2D eigenvalue weighted by Gasteiger charge is 2.23. The van der Waals surface area contributed by atoms with Crippen molar-refractivity contribution >= 4 is 9.84 Å². The summed E-state index contributed by atoms with van der Waals surface area (Å²) in [4.78, 5) is 4.65. The third-order valence-electron chi connectivity index (χ3n) is 4.98. The zero-order valence-electron chi connectivity index (χ0n) is 17.5. The summed E-state index contributed by atoms with van der Waals surface area (Å²) in [5.74, 6) is 1.56. The number of aromatic nitrogens is 3. The highest BCUT2D eigenvalue weighted by Crippen LogP contribution is 2.29. The Hall–Kier alpha value is -2.67. The van der Waals surface area contributed by atoms with Gasteiger partial charge < -0.3 is 4.74 Å². The van der Waals surface area contributed by atoms with Gasteiger partial charge in [-0.3, -0.25) is 0 Å². The first kappa shape index (κ1) is 21.0. The van der Waals surface area contributed by atoms with Crippen molar-refractivity contribution in [2.75, 3.05) is 13.4 Å². The number of aryl methyl sites for hydroxylation is 2. The maximum atomic E-state index is 11.9. The molecule has 29 heavy (non-hydrogen) atoms. The molecule has 0 spiro atoms. The Morgan fingerprint density at radius 1 is 1.14 bits per heavy atom. The summed E-state index contributed by atoms with van der Waals surface area (Å²) in [6, 6.07) is 14.0. The van der Waals surface area contributed by atoms with E-state index in [0.29, 0.717) is 5.82 Å². The van der Waals surface area contributed by atoms with E-state index in [4.69, 9.17) is 4.74 Å². The number of rotatable bonds is 7. The second kappa shape index (κ2) is 8.37. The first-order chi connectivity index (χ1) is 13.7. The Morgan fingerprint density at radius 2 is 1.83 bits per heavy atom. The summed E-state index contributed by atoms with van der Waals surface area (Å²) in [5.41, 5.74) is 4.24. The molecular weight excluding hydrogens is 386 g/mol. The first-order valence-electron chi connectivity index (χ1n) is 9.59. The Bertz CT molecular complexity index is 1100. The monoisotopic (exact) mass is 413 g/mol. The minimum absolute atomic E-state index is 0.0778. The minimum Gasteiger partial charge on any atom is -0.497 e. The summed E-state index contributed by atoms with van der Waals surface area (Å²) >= 11 is 0. The van der Waals surface area contributed by atoms with Crippen molar-refractivity contribution in [1.82, 2.24) is 14.8 Å². The van der Waals surface area contributed by atoms with Gasteiger partial charge >= 0.3 is 0 Å². The zero-order valence-corrected chi connectivity index (χ0v) is 18.3. The van der Waals surface area contributed by atoms with Crippen LogP contribution in [0.1, 0.15) is 48.1 Å². The molecule has 2 aromatic carbocycles. The standard InChI is InChI=1S/C22H27N3O3S/c1-6-17-9-7-8-15(2)21(17)25-22(23-20(24-25)14-29(5,26)27)16(3)18-10-12-19(28-4)13-11-18/h7-13,16H,6,14H2,1-5H3/t16-/m0/s1. The van der Waals surface area contributed by atoms with Crippen LogP contribution in [0, 0.1) is 6.92 Å². The van der Waals surface area contributed by atoms with Gasteiger partial charge in [-0.25, -0.2) is 18.1 Å². The molecule has 0 unspecified atom stereocenters. The van der Waals surface area contributed by atoms with Crippen LogP contribution in [0.2, 0.25) is 0 Å². The van der Waals surface area contributed by atoms with Crippen LogP contribution in [-0.4, -0.2) is 36.5 Å². The minimum atomic E-state index is -3.24. The maximum absolute atomic E-state index is 11.9. The molecule has 154 valence electrons. The Labute approximate surface area is 172 Å². The van der Waals surface area contributed by atoms with Gasteiger partial charge in [-0.2, -0.15) is 0 Å². The molecule has 0 saturated carbocycles. The van der Waals surface area contributed by atoms with Gasteiger partial charge in [0.2, 0.25) is 0 Å². The van der Waals surface area contributed by atoms with Gasteiger partial charge in [0.15, 0.2) is 15.7 Å². The molecule has 0 N–H and O–H groups in total. The predicted molar refractivity (Wildman–Crippen MR) is 115 cm³/mol. The number of benzene rings is 2. The van der Waals surface area contributed by atoms with Crippen molar-refractivity contribution in [2.24, 2.45) is 0 Å². The molecule has 1 heterocycles. The summed E-state index contributed by atoms with van der Waals surface area (Å²) in [6.45, 7) is 6.18. The molecule has 0 aliphatic heterocycles. The molecule has 1 atom stereocenters. The van der Waals surface area contributed by atoms with Crippen LogP contribution < -0.4 is 4.74 Å². The second-order valence-corrected chi connectivity index (χ2v) is 9.44. The Balaban J connectivity index is 2.17. The molecule has 3 rings (SSSR count). The molecule has 0 amide bonds. The van der Waals surface area contributed by atoms with Crippen molar-refractivity contribution in [3.05, 3.63) is 70.8 Å². The van der Waals surface area contributed by atoms with E-state index in [2.05, 4.69) is 30.0 Å². The van der Waals surface area contributed by atoms with Gasteiger partial charge in [-0.1, -0.05) is 44.2 Å². The van der Waals surface area contributed by atoms with Gasteiger partial charge in [0.1, 0.15) is 17.3 Å². The van der Waals surface area contributed by atoms with E-state index in [1.807, 2.05) is 48.0 Å². The number of hydrogen-bond donors (Lipinski definition) is 0. The van der Waals surface area contributed by atoms with E-state index in [1.165, 1.54) is 6.26 Å². The molecule has 0 saturated heterocycles. The summed E-state index contributed by atoms with van der Waals surface area (Å²) in [7, 11) is -1.61. The molecule has 0 fully saturated rings. The van der Waals surface area contributed by atoms with Crippen LogP contribution in [0.3, 0.4) is 0 Å². The molecule has 0 aliphatic carbocycles. The van der Waals surface area contributed by atoms with E-state index in [-0.39, 0.29) is 11.7 Å². The fourth-order valence-electron chi connectivity index (χ4n) is 3.46.